The summed E-state index contributed by atoms with van der Waals surface area (Å²) < 4.78 is 0. The van der Waals surface area contributed by atoms with Gasteiger partial charge in [-0.15, -0.1) is 5.53 Å². The summed E-state index contributed by atoms with van der Waals surface area (Å²) in [7, 11) is 0. The second-order valence-corrected chi connectivity index (χ2v) is 4.63. The Morgan fingerprint density at radius 1 is 0.632 bits per heavy atom. The smallest absolute Gasteiger partial charge is 0.0606 e. The van der Waals surface area contributed by atoms with Crippen molar-refractivity contribution in [2.75, 3.05) is 0 Å². The lowest BCUT2D eigenvalue weighted by Gasteiger charge is -2.22. The number of rotatable bonds is 4. The van der Waals surface area contributed by atoms with Gasteiger partial charge in [0.05, 0.1) is 13.1 Å². The summed E-state index contributed by atoms with van der Waals surface area (Å²) in [6, 6.07) is 20.9. The van der Waals surface area contributed by atoms with Gasteiger partial charge in [0, 0.05) is 12.4 Å². The Bertz CT molecular complexity index is 487. The fourth-order valence-electron chi connectivity index (χ4n) is 2.13. The lowest BCUT2D eigenvalue weighted by atomic mass is 10.2. The lowest BCUT2D eigenvalue weighted by molar-refractivity contribution is 0.125. The van der Waals surface area contributed by atoms with Crippen LogP contribution in [0, 0.1) is 0 Å². The first-order chi connectivity index (χ1) is 9.40. The van der Waals surface area contributed by atoms with Crippen molar-refractivity contribution >= 4 is 0 Å². The second kappa shape index (κ2) is 5.59. The van der Waals surface area contributed by atoms with E-state index < -0.39 is 0 Å². The maximum atomic E-state index is 3.34. The Balaban J connectivity index is 1.55. The molecule has 0 fully saturated rings. The van der Waals surface area contributed by atoms with Crippen molar-refractivity contribution in [1.29, 1.82) is 0 Å². The van der Waals surface area contributed by atoms with Crippen LogP contribution in [0.4, 0.5) is 0 Å². The summed E-state index contributed by atoms with van der Waals surface area (Å²) in [5.74, 6) is 0. The van der Waals surface area contributed by atoms with Gasteiger partial charge in [0.2, 0.25) is 0 Å². The molecule has 0 saturated carbocycles. The van der Waals surface area contributed by atoms with Gasteiger partial charge in [-0.1, -0.05) is 60.7 Å². The van der Waals surface area contributed by atoms with E-state index in [2.05, 4.69) is 76.5 Å². The summed E-state index contributed by atoms with van der Waals surface area (Å²) in [5, 5.41) is 4.16. The topological polar surface area (TPSA) is 18.5 Å². The molecule has 0 unspecified atom stereocenters. The van der Waals surface area contributed by atoms with Gasteiger partial charge in [-0.3, -0.25) is 10.0 Å². The maximum absolute atomic E-state index is 3.34. The molecule has 0 bridgehead atoms. The lowest BCUT2D eigenvalue weighted by Crippen LogP contribution is -2.38. The van der Waals surface area contributed by atoms with Gasteiger partial charge in [0.1, 0.15) is 0 Å². The molecule has 1 N–H and O–H groups in total. The van der Waals surface area contributed by atoms with Crippen LogP contribution in [0.2, 0.25) is 0 Å². The van der Waals surface area contributed by atoms with Crippen LogP contribution in [0.25, 0.3) is 0 Å². The van der Waals surface area contributed by atoms with Gasteiger partial charge in [-0.2, -0.15) is 0 Å². The Hall–Kier alpha value is -2.26. The van der Waals surface area contributed by atoms with Crippen LogP contribution in [0.3, 0.4) is 0 Å². The van der Waals surface area contributed by atoms with Crippen LogP contribution in [0.1, 0.15) is 11.1 Å². The quantitative estimate of drug-likeness (QED) is 0.901. The third-order valence-corrected chi connectivity index (χ3v) is 3.07. The molecule has 0 saturated heterocycles. The molecule has 0 atom stereocenters. The van der Waals surface area contributed by atoms with Crippen molar-refractivity contribution < 1.29 is 0 Å². The second-order valence-electron chi connectivity index (χ2n) is 4.63. The highest BCUT2D eigenvalue weighted by Gasteiger charge is 2.11. The van der Waals surface area contributed by atoms with E-state index in [0.29, 0.717) is 0 Å². The molecule has 2 aromatic carbocycles. The van der Waals surface area contributed by atoms with Gasteiger partial charge in [0.15, 0.2) is 0 Å². The highest BCUT2D eigenvalue weighted by Crippen LogP contribution is 2.10. The molecule has 3 nitrogen and oxygen atoms in total. The average Bonchev–Trinajstić information content (AvgIpc) is 2.88. The third kappa shape index (κ3) is 3.14. The zero-order valence-corrected chi connectivity index (χ0v) is 10.7. The monoisotopic (exact) mass is 251 g/mol. The van der Waals surface area contributed by atoms with E-state index in [0.717, 1.165) is 13.1 Å². The van der Waals surface area contributed by atoms with E-state index in [9.17, 15) is 0 Å². The number of hydrazine groups is 2. The molecule has 19 heavy (non-hydrogen) atoms. The highest BCUT2D eigenvalue weighted by atomic mass is 15.8. The highest BCUT2D eigenvalue weighted by molar-refractivity contribution is 5.16. The van der Waals surface area contributed by atoms with E-state index in [1.165, 1.54) is 11.1 Å². The molecule has 3 heteroatoms. The molecule has 96 valence electrons. The largest absolute Gasteiger partial charge is 0.292 e. The number of hydrogen-bond donors (Lipinski definition) is 1. The average molecular weight is 251 g/mol. The summed E-state index contributed by atoms with van der Waals surface area (Å²) >= 11 is 0. The first-order valence-corrected chi connectivity index (χ1v) is 6.46. The Kier molecular flexibility index (Phi) is 3.47. The van der Waals surface area contributed by atoms with E-state index >= 15 is 0 Å². The minimum absolute atomic E-state index is 0.864. The molecule has 1 aliphatic rings. The fraction of sp³-hybridized carbons (Fsp3) is 0.125. The summed E-state index contributed by atoms with van der Waals surface area (Å²) in [4.78, 5) is 0. The molecule has 3 rings (SSSR count). The first-order valence-electron chi connectivity index (χ1n) is 6.46. The van der Waals surface area contributed by atoms with Crippen molar-refractivity contribution in [3.05, 3.63) is 84.2 Å². The van der Waals surface area contributed by atoms with Crippen LogP contribution in [-0.4, -0.2) is 10.0 Å². The van der Waals surface area contributed by atoms with Gasteiger partial charge < -0.3 is 0 Å². The minimum Gasteiger partial charge on any atom is -0.292 e. The molecule has 0 spiro atoms. The first kappa shape index (κ1) is 11.8. The number of benzene rings is 2. The van der Waals surface area contributed by atoms with Gasteiger partial charge in [-0.25, -0.2) is 0 Å². The van der Waals surface area contributed by atoms with E-state index in [1.54, 1.807) is 0 Å². The third-order valence-electron chi connectivity index (χ3n) is 3.07. The maximum Gasteiger partial charge on any atom is 0.0606 e. The Labute approximate surface area is 113 Å². The predicted molar refractivity (Wildman–Crippen MR) is 76.2 cm³/mol. The van der Waals surface area contributed by atoms with Crippen LogP contribution in [0.5, 0.6) is 0 Å². The summed E-state index contributed by atoms with van der Waals surface area (Å²) in [6.07, 6.45) is 4.13. The standard InChI is InChI=1S/C16H17N3/c1-3-7-15(8-4-1)13-18-11-12-19(17-18)14-16-9-5-2-6-10-16/h1-12,17H,13-14H2. The van der Waals surface area contributed by atoms with E-state index in [4.69, 9.17) is 0 Å². The van der Waals surface area contributed by atoms with Crippen molar-refractivity contribution in [3.8, 4) is 0 Å². The van der Waals surface area contributed by atoms with Crippen molar-refractivity contribution in [1.82, 2.24) is 15.6 Å². The molecule has 0 aliphatic carbocycles. The molecular weight excluding hydrogens is 234 g/mol. The number of nitrogens with zero attached hydrogens (tertiary/aromatic N) is 2. The normalized spacial score (nSPS) is 14.1. The predicted octanol–water partition coefficient (Wildman–Crippen LogP) is 2.90. The van der Waals surface area contributed by atoms with Gasteiger partial charge in [-0.05, 0) is 11.1 Å². The van der Waals surface area contributed by atoms with Crippen LogP contribution < -0.4 is 5.53 Å². The fourth-order valence-corrected chi connectivity index (χ4v) is 2.13. The van der Waals surface area contributed by atoms with Crippen LogP contribution in [0.15, 0.2) is 73.1 Å². The van der Waals surface area contributed by atoms with Gasteiger partial charge >= 0.3 is 0 Å². The Morgan fingerprint density at radius 2 is 1.05 bits per heavy atom. The van der Waals surface area contributed by atoms with Crippen molar-refractivity contribution in [2.24, 2.45) is 0 Å². The van der Waals surface area contributed by atoms with Gasteiger partial charge in [0.25, 0.3) is 0 Å². The Morgan fingerprint density at radius 3 is 1.47 bits per heavy atom. The molecule has 0 radical (unpaired) electrons. The van der Waals surface area contributed by atoms with Crippen LogP contribution >= 0.6 is 0 Å². The zero-order chi connectivity index (χ0) is 12.9. The molecular formula is C16H17N3. The summed E-state index contributed by atoms with van der Waals surface area (Å²) in [6.45, 7) is 1.73. The summed E-state index contributed by atoms with van der Waals surface area (Å²) in [5.41, 5.74) is 5.93. The number of hydrogen-bond acceptors (Lipinski definition) is 3. The van der Waals surface area contributed by atoms with Crippen molar-refractivity contribution in [3.63, 3.8) is 0 Å². The van der Waals surface area contributed by atoms with Crippen molar-refractivity contribution in [2.45, 2.75) is 13.1 Å². The van der Waals surface area contributed by atoms with E-state index in [-0.39, 0.29) is 0 Å². The molecule has 2 aromatic rings. The molecule has 0 aromatic heterocycles. The molecule has 1 heterocycles. The zero-order valence-electron chi connectivity index (χ0n) is 10.7. The van der Waals surface area contributed by atoms with E-state index in [1.807, 2.05) is 12.1 Å². The number of nitrogens with one attached hydrogen (secondary N) is 1. The van der Waals surface area contributed by atoms with Crippen LogP contribution in [-0.2, 0) is 13.1 Å². The molecule has 0 amide bonds. The SMILES string of the molecule is C1=CN(Cc2ccccc2)NN1Cc1ccccc1. The molecule has 1 aliphatic heterocycles. The minimum atomic E-state index is 0.864.